The fourth-order valence-corrected chi connectivity index (χ4v) is 5.41. The van der Waals surface area contributed by atoms with E-state index in [9.17, 15) is 0 Å². The number of imidazole rings is 1. The van der Waals surface area contributed by atoms with Crippen LogP contribution in [0.3, 0.4) is 0 Å². The minimum absolute atomic E-state index is 0.0349. The lowest BCUT2D eigenvalue weighted by Crippen LogP contribution is -2.55. The van der Waals surface area contributed by atoms with Gasteiger partial charge in [0.15, 0.2) is 5.65 Å². The van der Waals surface area contributed by atoms with E-state index in [0.29, 0.717) is 18.1 Å². The highest BCUT2D eigenvalue weighted by Gasteiger charge is 2.31. The van der Waals surface area contributed by atoms with Crippen LogP contribution >= 0.6 is 0 Å². The van der Waals surface area contributed by atoms with Crippen LogP contribution in [0.15, 0.2) is 42.6 Å². The van der Waals surface area contributed by atoms with Gasteiger partial charge in [-0.25, -0.2) is 9.97 Å². The summed E-state index contributed by atoms with van der Waals surface area (Å²) in [4.78, 5) is 12.6. The van der Waals surface area contributed by atoms with E-state index in [1.165, 1.54) is 5.56 Å². The second-order valence-electron chi connectivity index (χ2n) is 9.86. The van der Waals surface area contributed by atoms with E-state index in [1.807, 2.05) is 19.3 Å². The van der Waals surface area contributed by atoms with Crippen molar-refractivity contribution in [1.82, 2.24) is 30.1 Å². The number of fused-ring (bicyclic) bond motifs is 1. The molecule has 4 rings (SSSR count). The zero-order chi connectivity index (χ0) is 24.8. The lowest BCUT2D eigenvalue weighted by Gasteiger charge is -2.40. The minimum Gasteiger partial charge on any atom is -0.484 e. The van der Waals surface area contributed by atoms with Crippen LogP contribution in [0.2, 0.25) is 0 Å². The maximum Gasteiger partial charge on any atom is 0.160 e. The Labute approximate surface area is 210 Å². The standard InChI is InChI=1S/C28H42N6O/c1-6-11-25(33-18-20(3)31-21(4)19-33)28-32-24-16-23(17-30-27(24)34(28)7-2)35-26(14-15-29-5)22-12-9-8-10-13-22/h8-10,12-13,16-17,20-21,25-26,29,31H,6-7,11,14-15,18-19H2,1-5H3/t20-,21+,25-,26-/m1/s1. The molecule has 0 bridgehead atoms. The average molecular weight is 479 g/mol. The molecule has 0 amide bonds. The highest BCUT2D eigenvalue weighted by molar-refractivity contribution is 5.73. The summed E-state index contributed by atoms with van der Waals surface area (Å²) in [5, 5.41) is 6.91. The average Bonchev–Trinajstić information content (AvgIpc) is 3.22. The van der Waals surface area contributed by atoms with Crippen molar-refractivity contribution in [3.8, 4) is 5.75 Å². The van der Waals surface area contributed by atoms with E-state index in [1.54, 1.807) is 0 Å². The number of hydrogen-bond donors (Lipinski definition) is 2. The highest BCUT2D eigenvalue weighted by atomic mass is 16.5. The molecule has 0 radical (unpaired) electrons. The molecule has 1 saturated heterocycles. The number of aryl methyl sites for hydroxylation is 1. The van der Waals surface area contributed by atoms with E-state index in [2.05, 4.69) is 78.1 Å². The molecule has 35 heavy (non-hydrogen) atoms. The minimum atomic E-state index is -0.0349. The van der Waals surface area contributed by atoms with Crippen LogP contribution in [-0.2, 0) is 6.54 Å². The van der Waals surface area contributed by atoms with Gasteiger partial charge in [-0.2, -0.15) is 0 Å². The first-order valence-corrected chi connectivity index (χ1v) is 13.3. The van der Waals surface area contributed by atoms with Gasteiger partial charge in [0.25, 0.3) is 0 Å². The molecule has 1 aliphatic rings. The van der Waals surface area contributed by atoms with Gasteiger partial charge in [-0.1, -0.05) is 43.7 Å². The fraction of sp³-hybridized carbons (Fsp3) is 0.571. The third kappa shape index (κ3) is 6.02. The third-order valence-electron chi connectivity index (χ3n) is 6.90. The lowest BCUT2D eigenvalue weighted by molar-refractivity contribution is 0.110. The molecule has 0 spiro atoms. The van der Waals surface area contributed by atoms with Crippen LogP contribution in [0.25, 0.3) is 11.2 Å². The smallest absolute Gasteiger partial charge is 0.160 e. The maximum absolute atomic E-state index is 6.48. The number of ether oxygens (including phenoxy) is 1. The summed E-state index contributed by atoms with van der Waals surface area (Å²) >= 11 is 0. The summed E-state index contributed by atoms with van der Waals surface area (Å²) in [7, 11) is 1.97. The second kappa shape index (κ2) is 12.0. The Balaban J connectivity index is 1.65. The van der Waals surface area contributed by atoms with Crippen LogP contribution in [0.5, 0.6) is 5.75 Å². The topological polar surface area (TPSA) is 67.2 Å². The van der Waals surface area contributed by atoms with Crippen molar-refractivity contribution in [3.05, 3.63) is 54.0 Å². The number of aromatic nitrogens is 3. The molecular formula is C28H42N6O. The first-order valence-electron chi connectivity index (χ1n) is 13.3. The van der Waals surface area contributed by atoms with Crippen molar-refractivity contribution in [2.45, 2.75) is 77.7 Å². The molecule has 2 N–H and O–H groups in total. The number of nitrogens with one attached hydrogen (secondary N) is 2. The van der Waals surface area contributed by atoms with E-state index < -0.39 is 0 Å². The molecule has 0 unspecified atom stereocenters. The number of pyridine rings is 1. The van der Waals surface area contributed by atoms with Gasteiger partial charge in [0.05, 0.1) is 12.2 Å². The van der Waals surface area contributed by atoms with Gasteiger partial charge in [-0.05, 0) is 46.3 Å². The van der Waals surface area contributed by atoms with Crippen LogP contribution in [0.4, 0.5) is 0 Å². The fourth-order valence-electron chi connectivity index (χ4n) is 5.41. The summed E-state index contributed by atoms with van der Waals surface area (Å²) in [6.45, 7) is 12.8. The van der Waals surface area contributed by atoms with Gasteiger partial charge < -0.3 is 19.9 Å². The lowest BCUT2D eigenvalue weighted by atomic mass is 10.0. The monoisotopic (exact) mass is 478 g/mol. The predicted octanol–water partition coefficient (Wildman–Crippen LogP) is 4.70. The van der Waals surface area contributed by atoms with Crippen molar-refractivity contribution in [1.29, 1.82) is 0 Å². The molecule has 1 aliphatic heterocycles. The molecule has 7 heteroatoms. The highest BCUT2D eigenvalue weighted by Crippen LogP contribution is 2.32. The first kappa shape index (κ1) is 25.6. The Hall–Kier alpha value is -2.48. The van der Waals surface area contributed by atoms with Gasteiger partial charge in [0.2, 0.25) is 0 Å². The predicted molar refractivity (Wildman–Crippen MR) is 143 cm³/mol. The second-order valence-corrected chi connectivity index (χ2v) is 9.86. The molecule has 1 aromatic carbocycles. The van der Waals surface area contributed by atoms with Gasteiger partial charge >= 0.3 is 0 Å². The number of hydrogen-bond acceptors (Lipinski definition) is 6. The van der Waals surface area contributed by atoms with Gasteiger partial charge in [0, 0.05) is 44.2 Å². The summed E-state index contributed by atoms with van der Waals surface area (Å²) in [6.07, 6.45) is 4.92. The van der Waals surface area contributed by atoms with Crippen LogP contribution in [0, 0.1) is 0 Å². The summed E-state index contributed by atoms with van der Waals surface area (Å²) < 4.78 is 8.77. The summed E-state index contributed by atoms with van der Waals surface area (Å²) in [5.74, 6) is 1.90. The number of rotatable bonds is 11. The molecule has 0 aliphatic carbocycles. The molecule has 1 fully saturated rings. The largest absolute Gasteiger partial charge is 0.484 e. The molecular weight excluding hydrogens is 436 g/mol. The van der Waals surface area contributed by atoms with E-state index in [4.69, 9.17) is 14.7 Å². The van der Waals surface area contributed by atoms with Crippen LogP contribution in [-0.4, -0.2) is 58.2 Å². The van der Waals surface area contributed by atoms with E-state index >= 15 is 0 Å². The van der Waals surface area contributed by atoms with Crippen LogP contribution in [0.1, 0.15) is 70.5 Å². The quantitative estimate of drug-likeness (QED) is 0.416. The zero-order valence-corrected chi connectivity index (χ0v) is 22.0. The summed E-state index contributed by atoms with van der Waals surface area (Å²) in [5.41, 5.74) is 3.03. The van der Waals surface area contributed by atoms with E-state index in [-0.39, 0.29) is 6.10 Å². The molecule has 3 aromatic rings. The van der Waals surface area contributed by atoms with Gasteiger partial charge in [0.1, 0.15) is 23.2 Å². The van der Waals surface area contributed by atoms with Crippen molar-refractivity contribution in [2.75, 3.05) is 26.7 Å². The van der Waals surface area contributed by atoms with Gasteiger partial charge in [-0.15, -0.1) is 0 Å². The normalized spacial score (nSPS) is 20.7. The molecule has 3 heterocycles. The number of nitrogens with zero attached hydrogens (tertiary/aromatic N) is 4. The Morgan fingerprint density at radius 2 is 1.86 bits per heavy atom. The molecule has 4 atom stereocenters. The zero-order valence-electron chi connectivity index (χ0n) is 22.0. The third-order valence-corrected chi connectivity index (χ3v) is 6.90. The molecule has 190 valence electrons. The Kier molecular flexibility index (Phi) is 8.76. The van der Waals surface area contributed by atoms with Crippen molar-refractivity contribution >= 4 is 11.2 Å². The van der Waals surface area contributed by atoms with Crippen molar-refractivity contribution in [3.63, 3.8) is 0 Å². The first-order chi connectivity index (χ1) is 17.0. The van der Waals surface area contributed by atoms with E-state index in [0.717, 1.165) is 68.2 Å². The van der Waals surface area contributed by atoms with Crippen molar-refractivity contribution in [2.24, 2.45) is 0 Å². The van der Waals surface area contributed by atoms with Gasteiger partial charge in [-0.3, -0.25) is 4.90 Å². The Morgan fingerprint density at radius 3 is 2.51 bits per heavy atom. The Bertz CT molecular complexity index is 1060. The summed E-state index contributed by atoms with van der Waals surface area (Å²) in [6, 6.07) is 13.7. The van der Waals surface area contributed by atoms with Crippen molar-refractivity contribution < 1.29 is 4.74 Å². The number of benzene rings is 1. The molecule has 7 nitrogen and oxygen atoms in total. The maximum atomic E-state index is 6.48. The Morgan fingerprint density at radius 1 is 1.11 bits per heavy atom. The number of piperazine rings is 1. The SMILES string of the molecule is CCC[C@H](c1nc2cc(O[C@H](CCNC)c3ccccc3)cnc2n1CC)N1C[C@@H](C)N[C@@H](C)C1. The molecule has 0 saturated carbocycles. The van der Waals surface area contributed by atoms with Crippen LogP contribution < -0.4 is 15.4 Å². The molecule has 2 aromatic heterocycles.